The summed E-state index contributed by atoms with van der Waals surface area (Å²) >= 11 is 1.52. The maximum Gasteiger partial charge on any atom is 0.251 e. The van der Waals surface area contributed by atoms with Gasteiger partial charge in [-0.25, -0.2) is 9.37 Å². The lowest BCUT2D eigenvalue weighted by molar-refractivity contribution is -0.118. The topological polar surface area (TPSA) is 62.3 Å². The van der Waals surface area contributed by atoms with Crippen LogP contribution in [-0.2, 0) is 11.3 Å². The summed E-state index contributed by atoms with van der Waals surface area (Å²) < 4.78 is 13.3. The summed E-state index contributed by atoms with van der Waals surface area (Å²) in [4.78, 5) is 30.9. The predicted octanol–water partition coefficient (Wildman–Crippen LogP) is 4.33. The lowest BCUT2D eigenvalue weighted by atomic mass is 10.2. The van der Waals surface area contributed by atoms with Crippen molar-refractivity contribution in [3.05, 3.63) is 82.1 Å². The van der Waals surface area contributed by atoms with Crippen LogP contribution in [-0.4, -0.2) is 23.3 Å². The predicted molar refractivity (Wildman–Crippen MR) is 112 cm³/mol. The molecule has 7 heteroatoms. The van der Waals surface area contributed by atoms with Crippen molar-refractivity contribution in [2.24, 2.45) is 0 Å². The van der Waals surface area contributed by atoms with E-state index < -0.39 is 0 Å². The van der Waals surface area contributed by atoms with Crippen LogP contribution in [0.25, 0.3) is 0 Å². The lowest BCUT2D eigenvalue weighted by Gasteiger charge is -2.22. The summed E-state index contributed by atoms with van der Waals surface area (Å²) in [6, 6.07) is 14.8. The first kappa shape index (κ1) is 20.7. The Balaban J connectivity index is 1.59. The molecule has 29 heavy (non-hydrogen) atoms. The summed E-state index contributed by atoms with van der Waals surface area (Å²) in [5, 5.41) is 5.67. The third kappa shape index (κ3) is 5.96. The van der Waals surface area contributed by atoms with Crippen molar-refractivity contribution in [1.29, 1.82) is 0 Å². The third-order valence-electron chi connectivity index (χ3n) is 4.31. The minimum absolute atomic E-state index is 0.101. The molecule has 5 nitrogen and oxygen atoms in total. The first-order valence-electron chi connectivity index (χ1n) is 9.33. The minimum Gasteiger partial charge on any atom is -0.352 e. The third-order valence-corrected chi connectivity index (χ3v) is 5.14. The van der Waals surface area contributed by atoms with Gasteiger partial charge in [-0.3, -0.25) is 9.59 Å². The van der Waals surface area contributed by atoms with Crippen molar-refractivity contribution >= 4 is 28.8 Å². The zero-order valence-electron chi connectivity index (χ0n) is 16.1. The number of hydrogen-bond acceptors (Lipinski definition) is 4. The van der Waals surface area contributed by atoms with Crippen LogP contribution in [0.15, 0.2) is 60.0 Å². The molecular weight excluding hydrogens is 389 g/mol. The smallest absolute Gasteiger partial charge is 0.251 e. The van der Waals surface area contributed by atoms with E-state index in [4.69, 9.17) is 0 Å². The van der Waals surface area contributed by atoms with Gasteiger partial charge in [0.15, 0.2) is 0 Å². The second kappa shape index (κ2) is 9.93. The zero-order chi connectivity index (χ0) is 20.6. The van der Waals surface area contributed by atoms with E-state index in [1.165, 1.54) is 23.5 Å². The van der Waals surface area contributed by atoms with Crippen LogP contribution in [0.2, 0.25) is 0 Å². The number of hydrogen-bond donors (Lipinski definition) is 1. The normalized spacial score (nSPS) is 10.6. The van der Waals surface area contributed by atoms with E-state index in [9.17, 15) is 14.0 Å². The molecule has 0 aliphatic heterocycles. The molecular formula is C22H22FN3O2S. The lowest BCUT2D eigenvalue weighted by Crippen LogP contribution is -2.31. The van der Waals surface area contributed by atoms with Crippen LogP contribution < -0.4 is 10.2 Å². The Morgan fingerprint density at radius 1 is 1.10 bits per heavy atom. The van der Waals surface area contributed by atoms with Gasteiger partial charge in [0, 0.05) is 29.6 Å². The standard InChI is InChI=1S/C22H22FN3O2S/c1-16-25-19(15-29-16)14-26(20-11-9-18(23)10-12-20)21(27)8-5-13-24-22(28)17-6-3-2-4-7-17/h2-4,6-7,9-12,15H,5,8,13-14H2,1H3,(H,24,28). The number of carbonyl (C=O) groups excluding carboxylic acids is 2. The van der Waals surface area contributed by atoms with E-state index >= 15 is 0 Å². The van der Waals surface area contributed by atoms with Gasteiger partial charge in [0.2, 0.25) is 5.91 Å². The molecule has 1 N–H and O–H groups in total. The van der Waals surface area contributed by atoms with Crippen LogP contribution in [0.1, 0.15) is 33.9 Å². The monoisotopic (exact) mass is 411 g/mol. The fourth-order valence-electron chi connectivity index (χ4n) is 2.86. The highest BCUT2D eigenvalue weighted by Crippen LogP contribution is 2.20. The van der Waals surface area contributed by atoms with Crippen molar-refractivity contribution in [1.82, 2.24) is 10.3 Å². The molecule has 3 rings (SSSR count). The maximum atomic E-state index is 13.3. The molecule has 0 unspecified atom stereocenters. The number of thiazole rings is 1. The van der Waals surface area contributed by atoms with Gasteiger partial charge >= 0.3 is 0 Å². The van der Waals surface area contributed by atoms with Gasteiger partial charge in [-0.05, 0) is 49.7 Å². The number of aryl methyl sites for hydroxylation is 1. The van der Waals surface area contributed by atoms with Gasteiger partial charge in [0.25, 0.3) is 5.91 Å². The number of carbonyl (C=O) groups is 2. The highest BCUT2D eigenvalue weighted by atomic mass is 32.1. The minimum atomic E-state index is -0.353. The van der Waals surface area contributed by atoms with E-state index in [0.717, 1.165) is 10.7 Å². The van der Waals surface area contributed by atoms with E-state index in [1.54, 1.807) is 41.3 Å². The number of aromatic nitrogens is 1. The van der Waals surface area contributed by atoms with Crippen LogP contribution in [0.3, 0.4) is 0 Å². The highest BCUT2D eigenvalue weighted by molar-refractivity contribution is 7.09. The number of amides is 2. The van der Waals surface area contributed by atoms with Gasteiger partial charge in [-0.1, -0.05) is 18.2 Å². The Bertz CT molecular complexity index is 958. The van der Waals surface area contributed by atoms with Gasteiger partial charge in [0.1, 0.15) is 5.82 Å². The van der Waals surface area contributed by atoms with E-state index in [1.807, 2.05) is 18.4 Å². The fourth-order valence-corrected chi connectivity index (χ4v) is 3.46. The van der Waals surface area contributed by atoms with Crippen LogP contribution in [0.4, 0.5) is 10.1 Å². The highest BCUT2D eigenvalue weighted by Gasteiger charge is 2.17. The molecule has 0 fully saturated rings. The molecule has 0 radical (unpaired) electrons. The summed E-state index contributed by atoms with van der Waals surface area (Å²) in [7, 11) is 0. The molecule has 2 amide bonds. The first-order chi connectivity index (χ1) is 14.0. The summed E-state index contributed by atoms with van der Waals surface area (Å²) in [6.45, 7) is 2.63. The number of anilines is 1. The summed E-state index contributed by atoms with van der Waals surface area (Å²) in [5.74, 6) is -0.614. The second-order valence-electron chi connectivity index (χ2n) is 6.54. The maximum absolute atomic E-state index is 13.3. The quantitative estimate of drug-likeness (QED) is 0.561. The average Bonchev–Trinajstić information content (AvgIpc) is 3.15. The van der Waals surface area contributed by atoms with Gasteiger partial charge in [-0.15, -0.1) is 11.3 Å². The molecule has 0 aliphatic rings. The van der Waals surface area contributed by atoms with Gasteiger partial charge in [0.05, 0.1) is 17.2 Å². The second-order valence-corrected chi connectivity index (χ2v) is 7.60. The molecule has 1 heterocycles. The number of halogens is 1. The Hall–Kier alpha value is -3.06. The molecule has 0 aliphatic carbocycles. The average molecular weight is 412 g/mol. The van der Waals surface area contributed by atoms with Gasteiger partial charge in [-0.2, -0.15) is 0 Å². The van der Waals surface area contributed by atoms with E-state index in [-0.39, 0.29) is 24.1 Å². The number of rotatable bonds is 8. The number of nitrogens with zero attached hydrogens (tertiary/aromatic N) is 2. The summed E-state index contributed by atoms with van der Waals surface area (Å²) in [6.07, 6.45) is 0.765. The van der Waals surface area contributed by atoms with E-state index in [0.29, 0.717) is 30.8 Å². The van der Waals surface area contributed by atoms with Crippen LogP contribution in [0.5, 0.6) is 0 Å². The number of benzene rings is 2. The Labute approximate surface area is 173 Å². The molecule has 0 saturated carbocycles. The van der Waals surface area contributed by atoms with Crippen molar-refractivity contribution in [2.45, 2.75) is 26.3 Å². The molecule has 0 atom stereocenters. The Kier molecular flexibility index (Phi) is 7.08. The molecule has 150 valence electrons. The van der Waals surface area contributed by atoms with Crippen LogP contribution in [0, 0.1) is 12.7 Å². The molecule has 1 aromatic heterocycles. The van der Waals surface area contributed by atoms with Crippen molar-refractivity contribution < 1.29 is 14.0 Å². The Morgan fingerprint density at radius 2 is 1.83 bits per heavy atom. The van der Waals surface area contributed by atoms with Crippen molar-refractivity contribution in [2.75, 3.05) is 11.4 Å². The fraction of sp³-hybridized carbons (Fsp3) is 0.227. The zero-order valence-corrected chi connectivity index (χ0v) is 16.9. The Morgan fingerprint density at radius 3 is 2.48 bits per heavy atom. The molecule has 3 aromatic rings. The summed E-state index contributed by atoms with van der Waals surface area (Å²) in [5.41, 5.74) is 2.00. The molecule has 0 bridgehead atoms. The van der Waals surface area contributed by atoms with E-state index in [2.05, 4.69) is 10.3 Å². The van der Waals surface area contributed by atoms with Crippen molar-refractivity contribution in [3.63, 3.8) is 0 Å². The molecule has 0 spiro atoms. The van der Waals surface area contributed by atoms with Crippen LogP contribution >= 0.6 is 11.3 Å². The van der Waals surface area contributed by atoms with Crippen molar-refractivity contribution in [3.8, 4) is 0 Å². The SMILES string of the molecule is Cc1nc(CN(C(=O)CCCNC(=O)c2ccccc2)c2ccc(F)cc2)cs1. The molecule has 2 aromatic carbocycles. The molecule has 0 saturated heterocycles. The first-order valence-corrected chi connectivity index (χ1v) is 10.2. The van der Waals surface area contributed by atoms with Gasteiger partial charge < -0.3 is 10.2 Å². The largest absolute Gasteiger partial charge is 0.352 e. The number of nitrogens with one attached hydrogen (secondary N) is 1.